The second kappa shape index (κ2) is 11.6. The molecule has 0 saturated carbocycles. The molecule has 1 aromatic rings. The number of hydrogen-bond donors (Lipinski definition) is 1. The minimum absolute atomic E-state index is 0.124. The van der Waals surface area contributed by atoms with Crippen molar-refractivity contribution in [1.82, 2.24) is 0 Å². The summed E-state index contributed by atoms with van der Waals surface area (Å²) in [6.45, 7) is 5.49. The highest BCUT2D eigenvalue weighted by Crippen LogP contribution is 2.40. The van der Waals surface area contributed by atoms with Gasteiger partial charge in [-0.3, -0.25) is 4.79 Å². The Morgan fingerprint density at radius 3 is 2.19 bits per heavy atom. The molecular formula is C17H20I3NO5. The van der Waals surface area contributed by atoms with Gasteiger partial charge < -0.3 is 19.6 Å². The fraction of sp³-hybridized carbons (Fsp3) is 0.471. The van der Waals surface area contributed by atoms with Crippen molar-refractivity contribution in [2.75, 3.05) is 18.5 Å². The van der Waals surface area contributed by atoms with Gasteiger partial charge in [-0.15, -0.1) is 0 Å². The first kappa shape index (κ1) is 23.9. The Labute approximate surface area is 193 Å². The van der Waals surface area contributed by atoms with Crippen LogP contribution < -0.4 is 10.1 Å². The molecule has 0 spiro atoms. The summed E-state index contributed by atoms with van der Waals surface area (Å²) in [6.07, 6.45) is 1.79. The average molecular weight is 699 g/mol. The maximum atomic E-state index is 12.6. The van der Waals surface area contributed by atoms with E-state index in [1.807, 2.05) is 29.5 Å². The molecule has 0 aliphatic heterocycles. The summed E-state index contributed by atoms with van der Waals surface area (Å²) < 4.78 is 13.1. The third kappa shape index (κ3) is 6.77. The monoisotopic (exact) mass is 699 g/mol. The van der Waals surface area contributed by atoms with Crippen LogP contribution in [0.4, 0.5) is 5.69 Å². The Bertz CT molecular complexity index is 706. The van der Waals surface area contributed by atoms with Crippen LogP contribution in [-0.4, -0.2) is 30.9 Å². The van der Waals surface area contributed by atoms with Gasteiger partial charge >= 0.3 is 5.97 Å². The smallest absolute Gasteiger partial charge is 0.340 e. The Morgan fingerprint density at radius 2 is 1.65 bits per heavy atom. The van der Waals surface area contributed by atoms with Gasteiger partial charge in [0.15, 0.2) is 0 Å². The van der Waals surface area contributed by atoms with E-state index in [4.69, 9.17) is 9.47 Å². The lowest BCUT2D eigenvalue weighted by atomic mass is 10.1. The number of amides is 1. The van der Waals surface area contributed by atoms with Crippen LogP contribution in [0.15, 0.2) is 0 Å². The third-order valence-corrected chi connectivity index (χ3v) is 6.36. The molecule has 0 saturated heterocycles. The molecule has 0 heterocycles. The van der Waals surface area contributed by atoms with Crippen LogP contribution >= 0.6 is 67.8 Å². The van der Waals surface area contributed by atoms with Crippen LogP contribution in [0, 0.1) is 10.7 Å². The molecule has 0 unspecified atom stereocenters. The van der Waals surface area contributed by atoms with Gasteiger partial charge in [0, 0.05) is 13.3 Å². The van der Waals surface area contributed by atoms with Crippen molar-refractivity contribution in [3.63, 3.8) is 0 Å². The third-order valence-electron chi connectivity index (χ3n) is 3.23. The molecule has 26 heavy (non-hydrogen) atoms. The molecule has 1 N–H and O–H groups in total. The highest BCUT2D eigenvalue weighted by atomic mass is 127. The second-order valence-electron chi connectivity index (χ2n) is 5.43. The van der Waals surface area contributed by atoms with Crippen LogP contribution in [0.25, 0.3) is 0 Å². The average Bonchev–Trinajstić information content (AvgIpc) is 2.55. The quantitative estimate of drug-likeness (QED) is 0.228. The van der Waals surface area contributed by atoms with E-state index in [9.17, 15) is 14.4 Å². The van der Waals surface area contributed by atoms with Gasteiger partial charge in [-0.2, -0.15) is 0 Å². The molecule has 0 fully saturated rings. The Morgan fingerprint density at radius 1 is 1.00 bits per heavy atom. The van der Waals surface area contributed by atoms with Crippen molar-refractivity contribution in [1.29, 1.82) is 0 Å². The number of ether oxygens (including phenoxy) is 2. The fourth-order valence-electron chi connectivity index (χ4n) is 2.09. The van der Waals surface area contributed by atoms with Gasteiger partial charge in [-0.25, -0.2) is 4.79 Å². The molecule has 9 heteroatoms. The van der Waals surface area contributed by atoms with Crippen molar-refractivity contribution >= 4 is 91.1 Å². The zero-order valence-electron chi connectivity index (χ0n) is 14.7. The van der Waals surface area contributed by atoms with Gasteiger partial charge in [-0.05, 0) is 94.5 Å². The van der Waals surface area contributed by atoms with E-state index in [0.29, 0.717) is 50.0 Å². The largest absolute Gasteiger partial charge is 0.492 e. The number of nitrogens with one attached hydrogen (secondary N) is 1. The summed E-state index contributed by atoms with van der Waals surface area (Å²) in [5.41, 5.74) is 0.927. The molecule has 1 amide bonds. The van der Waals surface area contributed by atoms with E-state index in [0.717, 1.165) is 3.57 Å². The number of rotatable bonds is 9. The van der Waals surface area contributed by atoms with E-state index in [2.05, 4.69) is 50.5 Å². The summed E-state index contributed by atoms with van der Waals surface area (Å²) >= 11 is 6.20. The number of ketones is 1. The number of anilines is 1. The molecule has 144 valence electrons. The van der Waals surface area contributed by atoms with Crippen LogP contribution in [0.2, 0.25) is 0 Å². The van der Waals surface area contributed by atoms with Crippen molar-refractivity contribution < 1.29 is 23.9 Å². The molecule has 0 aliphatic carbocycles. The first-order valence-corrected chi connectivity index (χ1v) is 11.2. The Balaban J connectivity index is 3.11. The molecule has 0 bridgehead atoms. The number of Topliss-reactive ketones (excluding diaryl/α,β-unsaturated/α-hetero) is 1. The molecule has 6 nitrogen and oxygen atoms in total. The van der Waals surface area contributed by atoms with E-state index in [1.165, 1.54) is 6.92 Å². The maximum Gasteiger partial charge on any atom is 0.340 e. The van der Waals surface area contributed by atoms with Crippen LogP contribution in [0.3, 0.4) is 0 Å². The molecule has 0 aromatic heterocycles. The zero-order valence-corrected chi connectivity index (χ0v) is 21.2. The first-order valence-electron chi connectivity index (χ1n) is 7.98. The zero-order chi connectivity index (χ0) is 19.9. The van der Waals surface area contributed by atoms with Gasteiger partial charge in [0.1, 0.15) is 11.5 Å². The maximum absolute atomic E-state index is 12.6. The SMILES string of the molecule is CCOc1c(I)c(NC(C)=O)c(I)c(C(=O)OCCCCC(C)=O)c1I. The van der Waals surface area contributed by atoms with Crippen LogP contribution in [0.5, 0.6) is 5.75 Å². The minimum atomic E-state index is -0.467. The number of hydrogen-bond acceptors (Lipinski definition) is 5. The summed E-state index contributed by atoms with van der Waals surface area (Å²) in [4.78, 5) is 35.1. The van der Waals surface area contributed by atoms with Crippen molar-refractivity contribution in [3.8, 4) is 5.75 Å². The summed E-state index contributed by atoms with van der Waals surface area (Å²) in [7, 11) is 0. The van der Waals surface area contributed by atoms with Gasteiger partial charge in [0.25, 0.3) is 0 Å². The van der Waals surface area contributed by atoms with Gasteiger partial charge in [0.05, 0.1) is 35.2 Å². The lowest BCUT2D eigenvalue weighted by Crippen LogP contribution is -2.17. The fourth-order valence-corrected chi connectivity index (χ4v) is 6.28. The highest BCUT2D eigenvalue weighted by Gasteiger charge is 2.26. The van der Waals surface area contributed by atoms with E-state index in [1.54, 1.807) is 6.92 Å². The molecule has 0 atom stereocenters. The van der Waals surface area contributed by atoms with Gasteiger partial charge in [-0.1, -0.05) is 0 Å². The standard InChI is InChI=1S/C17H20I3NO5/c1-4-25-16-13(19)11(12(18)15(14(16)20)21-10(3)23)17(24)26-8-6-5-7-9(2)22/h4-8H2,1-3H3,(H,21,23). The van der Waals surface area contributed by atoms with Crippen molar-refractivity contribution in [3.05, 3.63) is 16.3 Å². The molecule has 0 radical (unpaired) electrons. The lowest BCUT2D eigenvalue weighted by Gasteiger charge is -2.18. The van der Waals surface area contributed by atoms with E-state index >= 15 is 0 Å². The number of unbranched alkanes of at least 4 members (excludes halogenated alkanes) is 1. The van der Waals surface area contributed by atoms with Crippen LogP contribution in [-0.2, 0) is 14.3 Å². The second-order valence-corrected chi connectivity index (χ2v) is 8.67. The van der Waals surface area contributed by atoms with Crippen molar-refractivity contribution in [2.24, 2.45) is 0 Å². The lowest BCUT2D eigenvalue weighted by molar-refractivity contribution is -0.117. The summed E-state index contributed by atoms with van der Waals surface area (Å²) in [5.74, 6) is -0.0145. The van der Waals surface area contributed by atoms with E-state index in [-0.39, 0.29) is 18.3 Å². The summed E-state index contributed by atoms with van der Waals surface area (Å²) in [6, 6.07) is 0. The number of esters is 1. The number of benzene rings is 1. The minimum Gasteiger partial charge on any atom is -0.492 e. The first-order chi connectivity index (χ1) is 12.2. The molecule has 0 aliphatic rings. The number of carbonyl (C=O) groups excluding carboxylic acids is 3. The predicted octanol–water partition coefficient (Wildman–Crippen LogP) is 4.77. The van der Waals surface area contributed by atoms with E-state index < -0.39 is 5.97 Å². The normalized spacial score (nSPS) is 10.4. The Kier molecular flexibility index (Phi) is 10.7. The van der Waals surface area contributed by atoms with Crippen molar-refractivity contribution in [2.45, 2.75) is 40.0 Å². The Hall–Kier alpha value is -0.180. The number of halogens is 3. The predicted molar refractivity (Wildman–Crippen MR) is 125 cm³/mol. The molecule has 1 aromatic carbocycles. The molecular weight excluding hydrogens is 679 g/mol. The van der Waals surface area contributed by atoms with Gasteiger partial charge in [0.2, 0.25) is 5.91 Å². The number of carbonyl (C=O) groups is 3. The highest BCUT2D eigenvalue weighted by molar-refractivity contribution is 14.1. The summed E-state index contributed by atoms with van der Waals surface area (Å²) in [5, 5.41) is 2.77. The topological polar surface area (TPSA) is 81.7 Å². The molecule has 1 rings (SSSR count). The van der Waals surface area contributed by atoms with Crippen LogP contribution in [0.1, 0.15) is 50.4 Å².